The zero-order chi connectivity index (χ0) is 15.7. The quantitative estimate of drug-likeness (QED) is 0.663. The number of thiol groups is 1. The molecule has 2 heterocycles. The second kappa shape index (κ2) is 6.35. The van der Waals surface area contributed by atoms with Crippen molar-refractivity contribution in [1.82, 2.24) is 25.1 Å². The van der Waals surface area contributed by atoms with Gasteiger partial charge in [-0.05, 0) is 35.0 Å². The van der Waals surface area contributed by atoms with Gasteiger partial charge in [-0.1, -0.05) is 20.8 Å². The van der Waals surface area contributed by atoms with Crippen LogP contribution in [0.15, 0.2) is 5.16 Å². The van der Waals surface area contributed by atoms with E-state index in [1.165, 1.54) is 0 Å². The molecule has 1 aliphatic rings. The summed E-state index contributed by atoms with van der Waals surface area (Å²) in [6, 6.07) is 0.334. The maximum Gasteiger partial charge on any atom is 0.206 e. The minimum atomic E-state index is -1.63. The monoisotopic (exact) mass is 329 g/mol. The summed E-state index contributed by atoms with van der Waals surface area (Å²) in [7, 11) is -1.63. The third-order valence-electron chi connectivity index (χ3n) is 4.75. The summed E-state index contributed by atoms with van der Waals surface area (Å²) in [6.07, 6.45) is 1.07. The normalized spacial score (nSPS) is 21.1. The minimum Gasteiger partial charge on any atom is -0.416 e. The third-order valence-corrected chi connectivity index (χ3v) is 9.58. The first kappa shape index (κ1) is 16.9. The highest BCUT2D eigenvalue weighted by molar-refractivity contribution is 7.80. The van der Waals surface area contributed by atoms with Gasteiger partial charge in [-0.25, -0.2) is 4.68 Å². The van der Waals surface area contributed by atoms with E-state index in [0.29, 0.717) is 11.2 Å². The van der Waals surface area contributed by atoms with Crippen LogP contribution < -0.4 is 0 Å². The molecular weight excluding hydrogens is 302 g/mol. The molecule has 1 aromatic heterocycles. The van der Waals surface area contributed by atoms with Crippen LogP contribution in [0, 0.1) is 0 Å². The van der Waals surface area contributed by atoms with Gasteiger partial charge in [0.15, 0.2) is 8.32 Å². The lowest BCUT2D eigenvalue weighted by Gasteiger charge is -2.36. The number of rotatable bonds is 5. The van der Waals surface area contributed by atoms with E-state index in [0.717, 1.165) is 32.7 Å². The SMILES string of the molecule is CC(C)(C)[Si](C)(C)OCCN1CCC(n2nnnc2S)C1. The summed E-state index contributed by atoms with van der Waals surface area (Å²) in [5.41, 5.74) is 0. The van der Waals surface area contributed by atoms with Crippen LogP contribution in [0.3, 0.4) is 0 Å². The topological polar surface area (TPSA) is 56.1 Å². The van der Waals surface area contributed by atoms with Crippen molar-refractivity contribution in [3.63, 3.8) is 0 Å². The molecule has 120 valence electrons. The average Bonchev–Trinajstić information content (AvgIpc) is 2.96. The summed E-state index contributed by atoms with van der Waals surface area (Å²) in [4.78, 5) is 2.42. The lowest BCUT2D eigenvalue weighted by molar-refractivity contribution is 0.217. The van der Waals surface area contributed by atoms with Crippen LogP contribution in [-0.2, 0) is 4.43 Å². The molecule has 1 unspecified atom stereocenters. The smallest absolute Gasteiger partial charge is 0.206 e. The Morgan fingerprint density at radius 3 is 2.67 bits per heavy atom. The Bertz CT molecular complexity index is 473. The number of tetrazole rings is 1. The van der Waals surface area contributed by atoms with E-state index in [1.54, 1.807) is 0 Å². The Morgan fingerprint density at radius 2 is 2.10 bits per heavy atom. The Hall–Kier alpha value is -0.443. The molecule has 0 aliphatic carbocycles. The Morgan fingerprint density at radius 1 is 1.38 bits per heavy atom. The number of hydrogen-bond donors (Lipinski definition) is 1. The molecule has 0 saturated carbocycles. The molecule has 0 amide bonds. The standard InChI is InChI=1S/C13H27N5OSSi/c1-13(2,3)21(4,5)19-9-8-17-7-6-11(10-17)18-12(20)14-15-16-18/h11H,6-10H2,1-5H3,(H,14,16,20). The lowest BCUT2D eigenvalue weighted by atomic mass is 10.2. The maximum absolute atomic E-state index is 6.24. The molecule has 21 heavy (non-hydrogen) atoms. The Kier molecular flexibility index (Phi) is 5.12. The van der Waals surface area contributed by atoms with Crippen LogP contribution in [0.25, 0.3) is 0 Å². The highest BCUT2D eigenvalue weighted by atomic mass is 32.1. The van der Waals surface area contributed by atoms with Crippen molar-refractivity contribution in [3.8, 4) is 0 Å². The predicted molar refractivity (Wildman–Crippen MR) is 88.3 cm³/mol. The number of aromatic nitrogens is 4. The highest BCUT2D eigenvalue weighted by Gasteiger charge is 2.37. The summed E-state index contributed by atoms with van der Waals surface area (Å²) < 4.78 is 8.06. The molecule has 1 fully saturated rings. The van der Waals surface area contributed by atoms with E-state index in [2.05, 4.69) is 66.9 Å². The molecule has 6 nitrogen and oxygen atoms in total. The van der Waals surface area contributed by atoms with Gasteiger partial charge in [0.2, 0.25) is 5.16 Å². The molecule has 0 bridgehead atoms. The number of nitrogens with zero attached hydrogens (tertiary/aromatic N) is 5. The molecule has 8 heteroatoms. The average molecular weight is 330 g/mol. The fourth-order valence-electron chi connectivity index (χ4n) is 2.29. The second-order valence-electron chi connectivity index (χ2n) is 7.28. The van der Waals surface area contributed by atoms with E-state index >= 15 is 0 Å². The van der Waals surface area contributed by atoms with E-state index in [1.807, 2.05) is 4.68 Å². The summed E-state index contributed by atoms with van der Waals surface area (Å²) in [5.74, 6) is 0. The van der Waals surface area contributed by atoms with Gasteiger partial charge in [-0.2, -0.15) is 0 Å². The van der Waals surface area contributed by atoms with Crippen molar-refractivity contribution in [3.05, 3.63) is 0 Å². The Labute approximate surface area is 133 Å². The Balaban J connectivity index is 1.78. The second-order valence-corrected chi connectivity index (χ2v) is 12.5. The highest BCUT2D eigenvalue weighted by Crippen LogP contribution is 2.36. The molecule has 0 aromatic carbocycles. The van der Waals surface area contributed by atoms with Gasteiger partial charge in [-0.15, -0.1) is 17.7 Å². The van der Waals surface area contributed by atoms with Crippen molar-refractivity contribution in [2.45, 2.75) is 56.5 Å². The van der Waals surface area contributed by atoms with Crippen LogP contribution in [0.5, 0.6) is 0 Å². The molecule has 1 atom stereocenters. The first-order valence-electron chi connectivity index (χ1n) is 7.54. The minimum absolute atomic E-state index is 0.272. The van der Waals surface area contributed by atoms with E-state index in [4.69, 9.17) is 4.43 Å². The lowest BCUT2D eigenvalue weighted by Crippen LogP contribution is -2.42. The molecule has 0 radical (unpaired) electrons. The predicted octanol–water partition coefficient (Wildman–Crippen LogP) is 2.23. The molecular formula is C13H27N5OSSi. The molecule has 0 N–H and O–H groups in total. The molecule has 1 aromatic rings. The van der Waals surface area contributed by atoms with Gasteiger partial charge in [-0.3, -0.25) is 4.90 Å². The van der Waals surface area contributed by atoms with Gasteiger partial charge in [0.05, 0.1) is 6.04 Å². The molecule has 1 saturated heterocycles. The van der Waals surface area contributed by atoms with Crippen molar-refractivity contribution in [1.29, 1.82) is 0 Å². The first-order chi connectivity index (χ1) is 9.71. The van der Waals surface area contributed by atoms with Gasteiger partial charge in [0.25, 0.3) is 0 Å². The van der Waals surface area contributed by atoms with Gasteiger partial charge >= 0.3 is 0 Å². The van der Waals surface area contributed by atoms with Crippen molar-refractivity contribution >= 4 is 20.9 Å². The van der Waals surface area contributed by atoms with Gasteiger partial charge in [0.1, 0.15) is 0 Å². The van der Waals surface area contributed by atoms with E-state index in [9.17, 15) is 0 Å². The maximum atomic E-state index is 6.24. The zero-order valence-corrected chi connectivity index (χ0v) is 15.6. The molecule has 2 rings (SSSR count). The van der Waals surface area contributed by atoms with Crippen LogP contribution in [0.2, 0.25) is 18.1 Å². The third kappa shape index (κ3) is 4.05. The summed E-state index contributed by atoms with van der Waals surface area (Å²) in [5, 5.41) is 12.4. The van der Waals surface area contributed by atoms with Gasteiger partial charge < -0.3 is 4.43 Å². The number of hydrogen-bond acceptors (Lipinski definition) is 6. The zero-order valence-electron chi connectivity index (χ0n) is 13.7. The largest absolute Gasteiger partial charge is 0.416 e. The first-order valence-corrected chi connectivity index (χ1v) is 10.9. The van der Waals surface area contributed by atoms with Crippen molar-refractivity contribution in [2.75, 3.05) is 26.2 Å². The fourth-order valence-corrected chi connectivity index (χ4v) is 3.56. The summed E-state index contributed by atoms with van der Waals surface area (Å²) >= 11 is 4.28. The van der Waals surface area contributed by atoms with E-state index in [-0.39, 0.29) is 5.04 Å². The van der Waals surface area contributed by atoms with E-state index < -0.39 is 8.32 Å². The van der Waals surface area contributed by atoms with Crippen molar-refractivity contribution < 1.29 is 4.43 Å². The van der Waals surface area contributed by atoms with Crippen LogP contribution in [0.4, 0.5) is 0 Å². The van der Waals surface area contributed by atoms with Gasteiger partial charge in [0, 0.05) is 26.2 Å². The van der Waals surface area contributed by atoms with Crippen LogP contribution >= 0.6 is 12.6 Å². The molecule has 1 aliphatic heterocycles. The number of likely N-dealkylation sites (tertiary alicyclic amines) is 1. The van der Waals surface area contributed by atoms with Crippen LogP contribution in [0.1, 0.15) is 33.2 Å². The van der Waals surface area contributed by atoms with Crippen LogP contribution in [-0.4, -0.2) is 59.7 Å². The van der Waals surface area contributed by atoms with Crippen molar-refractivity contribution in [2.24, 2.45) is 0 Å². The molecule has 0 spiro atoms. The summed E-state index contributed by atoms with van der Waals surface area (Å²) in [6.45, 7) is 15.3. The fraction of sp³-hybridized carbons (Fsp3) is 0.923.